The Labute approximate surface area is 148 Å². The van der Waals surface area contributed by atoms with Crippen LogP contribution in [-0.4, -0.2) is 51.3 Å². The molecule has 1 saturated heterocycles. The van der Waals surface area contributed by atoms with Crippen LogP contribution in [0.4, 0.5) is 0 Å². The molecule has 4 rings (SSSR count). The van der Waals surface area contributed by atoms with Crippen LogP contribution in [-0.2, 0) is 18.3 Å². The van der Waals surface area contributed by atoms with Crippen LogP contribution >= 0.6 is 0 Å². The van der Waals surface area contributed by atoms with E-state index in [2.05, 4.69) is 26.5 Å². The second-order valence-electron chi connectivity index (χ2n) is 7.15. The summed E-state index contributed by atoms with van der Waals surface area (Å²) in [6.45, 7) is 4.25. The number of rotatable bonds is 5. The number of imidazole rings is 1. The van der Waals surface area contributed by atoms with E-state index < -0.39 is 0 Å². The SMILES string of the molecule is Cn1ccnc1CN1CCO[C@]2(CCC[C@H]2COc2ccccn2)C1. The van der Waals surface area contributed by atoms with Gasteiger partial charge in [0.15, 0.2) is 0 Å². The molecule has 1 spiro atoms. The minimum atomic E-state index is -0.0851. The van der Waals surface area contributed by atoms with Crippen LogP contribution in [0.2, 0.25) is 0 Å². The molecule has 6 heteroatoms. The van der Waals surface area contributed by atoms with Crippen molar-refractivity contribution in [3.05, 3.63) is 42.6 Å². The number of hydrogen-bond acceptors (Lipinski definition) is 5. The summed E-state index contributed by atoms with van der Waals surface area (Å²) >= 11 is 0. The highest BCUT2D eigenvalue weighted by molar-refractivity contribution is 5.10. The van der Waals surface area contributed by atoms with Crippen LogP contribution in [0.15, 0.2) is 36.8 Å². The third kappa shape index (κ3) is 3.55. The highest BCUT2D eigenvalue weighted by Crippen LogP contribution is 2.41. The topological polar surface area (TPSA) is 52.4 Å². The van der Waals surface area contributed by atoms with Gasteiger partial charge in [0.1, 0.15) is 5.82 Å². The molecule has 1 aliphatic carbocycles. The minimum absolute atomic E-state index is 0.0851. The van der Waals surface area contributed by atoms with Crippen LogP contribution in [0.1, 0.15) is 25.1 Å². The fourth-order valence-electron chi connectivity index (χ4n) is 4.13. The van der Waals surface area contributed by atoms with Gasteiger partial charge in [-0.2, -0.15) is 0 Å². The maximum atomic E-state index is 6.34. The molecule has 2 fully saturated rings. The first-order valence-corrected chi connectivity index (χ1v) is 9.11. The lowest BCUT2D eigenvalue weighted by molar-refractivity contribution is -0.138. The summed E-state index contributed by atoms with van der Waals surface area (Å²) < 4.78 is 14.4. The van der Waals surface area contributed by atoms with Gasteiger partial charge in [-0.05, 0) is 25.3 Å². The average molecular weight is 342 g/mol. The summed E-state index contributed by atoms with van der Waals surface area (Å²) in [6, 6.07) is 5.78. The first kappa shape index (κ1) is 16.5. The predicted molar refractivity (Wildman–Crippen MR) is 94.2 cm³/mol. The van der Waals surface area contributed by atoms with E-state index in [-0.39, 0.29) is 5.60 Å². The Kier molecular flexibility index (Phi) is 4.72. The van der Waals surface area contributed by atoms with Crippen LogP contribution in [0, 0.1) is 5.92 Å². The van der Waals surface area contributed by atoms with Crippen molar-refractivity contribution in [1.29, 1.82) is 0 Å². The van der Waals surface area contributed by atoms with E-state index in [4.69, 9.17) is 9.47 Å². The van der Waals surface area contributed by atoms with Crippen LogP contribution < -0.4 is 4.74 Å². The molecule has 2 atom stereocenters. The van der Waals surface area contributed by atoms with Crippen molar-refractivity contribution < 1.29 is 9.47 Å². The Morgan fingerprint density at radius 1 is 1.32 bits per heavy atom. The van der Waals surface area contributed by atoms with E-state index in [1.54, 1.807) is 6.20 Å². The Morgan fingerprint density at radius 2 is 2.28 bits per heavy atom. The zero-order valence-electron chi connectivity index (χ0n) is 14.8. The second-order valence-corrected chi connectivity index (χ2v) is 7.15. The maximum absolute atomic E-state index is 6.34. The summed E-state index contributed by atoms with van der Waals surface area (Å²) in [5, 5.41) is 0. The van der Waals surface area contributed by atoms with Gasteiger partial charge in [-0.1, -0.05) is 6.07 Å². The molecule has 2 aromatic heterocycles. The number of morpholine rings is 1. The molecule has 0 radical (unpaired) electrons. The molecular weight excluding hydrogens is 316 g/mol. The zero-order valence-corrected chi connectivity index (χ0v) is 14.8. The summed E-state index contributed by atoms with van der Waals surface area (Å²) in [7, 11) is 2.05. The van der Waals surface area contributed by atoms with Crippen molar-refractivity contribution in [2.24, 2.45) is 13.0 Å². The molecule has 3 heterocycles. The highest BCUT2D eigenvalue weighted by Gasteiger charge is 2.47. The van der Waals surface area contributed by atoms with Gasteiger partial charge in [-0.15, -0.1) is 0 Å². The largest absolute Gasteiger partial charge is 0.477 e. The van der Waals surface area contributed by atoms with Crippen molar-refractivity contribution >= 4 is 0 Å². The monoisotopic (exact) mass is 342 g/mol. The number of nitrogens with zero attached hydrogens (tertiary/aromatic N) is 4. The molecule has 25 heavy (non-hydrogen) atoms. The van der Waals surface area contributed by atoms with E-state index in [1.165, 1.54) is 6.42 Å². The molecular formula is C19H26N4O2. The molecule has 0 bridgehead atoms. The van der Waals surface area contributed by atoms with Gasteiger partial charge in [-0.25, -0.2) is 9.97 Å². The lowest BCUT2D eigenvalue weighted by Gasteiger charge is -2.43. The van der Waals surface area contributed by atoms with Crippen molar-refractivity contribution in [1.82, 2.24) is 19.4 Å². The van der Waals surface area contributed by atoms with E-state index in [9.17, 15) is 0 Å². The van der Waals surface area contributed by atoms with Gasteiger partial charge in [-0.3, -0.25) is 4.90 Å². The van der Waals surface area contributed by atoms with E-state index >= 15 is 0 Å². The number of pyridine rings is 1. The number of ether oxygens (including phenoxy) is 2. The van der Waals surface area contributed by atoms with Crippen molar-refractivity contribution in [2.45, 2.75) is 31.4 Å². The summed E-state index contributed by atoms with van der Waals surface area (Å²) in [5.74, 6) is 2.22. The molecule has 2 aromatic rings. The van der Waals surface area contributed by atoms with E-state index in [0.717, 1.165) is 44.9 Å². The number of aromatic nitrogens is 3. The smallest absolute Gasteiger partial charge is 0.213 e. The fourth-order valence-corrected chi connectivity index (χ4v) is 4.13. The van der Waals surface area contributed by atoms with Crippen LogP contribution in [0.3, 0.4) is 0 Å². The first-order valence-electron chi connectivity index (χ1n) is 9.11. The molecule has 0 amide bonds. The fraction of sp³-hybridized carbons (Fsp3) is 0.579. The van der Waals surface area contributed by atoms with E-state index in [0.29, 0.717) is 18.4 Å². The molecule has 2 aliphatic rings. The van der Waals surface area contributed by atoms with Crippen LogP contribution in [0.25, 0.3) is 0 Å². The van der Waals surface area contributed by atoms with Crippen molar-refractivity contribution in [3.8, 4) is 5.88 Å². The van der Waals surface area contributed by atoms with Gasteiger partial charge in [0, 0.05) is 50.7 Å². The normalized spacial score (nSPS) is 27.0. The summed E-state index contributed by atoms with van der Waals surface area (Å²) in [5.41, 5.74) is -0.0851. The average Bonchev–Trinajstić information content (AvgIpc) is 3.21. The lowest BCUT2D eigenvalue weighted by atomic mass is 9.89. The van der Waals surface area contributed by atoms with Crippen molar-refractivity contribution in [2.75, 3.05) is 26.3 Å². The Balaban J connectivity index is 1.41. The molecule has 6 nitrogen and oxygen atoms in total. The molecule has 0 unspecified atom stereocenters. The molecule has 134 valence electrons. The number of hydrogen-bond donors (Lipinski definition) is 0. The third-order valence-electron chi connectivity index (χ3n) is 5.54. The standard InChI is InChI=1S/C19H26N4O2/c1-22-10-9-20-17(22)13-23-11-12-25-19(15-23)7-4-5-16(19)14-24-18-6-2-3-8-21-18/h2-3,6,8-10,16H,4-5,7,11-15H2,1H3/t16-,19+/m0/s1. The lowest BCUT2D eigenvalue weighted by Crippen LogP contribution is -2.54. The molecule has 0 N–H and O–H groups in total. The predicted octanol–water partition coefficient (Wildman–Crippen LogP) is 2.27. The molecule has 1 aliphatic heterocycles. The number of aryl methyl sites for hydroxylation is 1. The Morgan fingerprint density at radius 3 is 3.08 bits per heavy atom. The Bertz CT molecular complexity index is 690. The summed E-state index contributed by atoms with van der Waals surface area (Å²) in [6.07, 6.45) is 9.11. The van der Waals surface area contributed by atoms with Crippen LogP contribution in [0.5, 0.6) is 5.88 Å². The third-order valence-corrected chi connectivity index (χ3v) is 5.54. The Hall–Kier alpha value is -1.92. The van der Waals surface area contributed by atoms with Gasteiger partial charge in [0.05, 0.1) is 25.4 Å². The zero-order chi connectivity index (χ0) is 17.1. The van der Waals surface area contributed by atoms with Crippen molar-refractivity contribution in [3.63, 3.8) is 0 Å². The quantitative estimate of drug-likeness (QED) is 0.834. The van der Waals surface area contributed by atoms with E-state index in [1.807, 2.05) is 30.6 Å². The minimum Gasteiger partial charge on any atom is -0.477 e. The summed E-state index contributed by atoms with van der Waals surface area (Å²) in [4.78, 5) is 11.2. The van der Waals surface area contributed by atoms with Gasteiger partial charge >= 0.3 is 0 Å². The maximum Gasteiger partial charge on any atom is 0.213 e. The molecule has 1 saturated carbocycles. The second kappa shape index (κ2) is 7.14. The highest BCUT2D eigenvalue weighted by atomic mass is 16.5. The first-order chi connectivity index (χ1) is 12.3. The van der Waals surface area contributed by atoms with Gasteiger partial charge in [0.2, 0.25) is 5.88 Å². The van der Waals surface area contributed by atoms with Gasteiger partial charge in [0.25, 0.3) is 0 Å². The molecule has 0 aromatic carbocycles. The van der Waals surface area contributed by atoms with Gasteiger partial charge < -0.3 is 14.0 Å².